The Morgan fingerprint density at radius 3 is 2.62 bits per heavy atom. The molecule has 0 saturated carbocycles. The fourth-order valence-corrected chi connectivity index (χ4v) is 2.81. The Bertz CT molecular complexity index is 685. The first-order valence-corrected chi connectivity index (χ1v) is 7.62. The summed E-state index contributed by atoms with van der Waals surface area (Å²) in [4.78, 5) is 3.36. The van der Waals surface area contributed by atoms with Crippen molar-refractivity contribution in [2.75, 3.05) is 6.54 Å². The molecule has 1 atom stereocenters. The van der Waals surface area contributed by atoms with Crippen LogP contribution in [-0.2, 0) is 13.0 Å². The van der Waals surface area contributed by atoms with Gasteiger partial charge in [-0.25, -0.2) is 0 Å². The summed E-state index contributed by atoms with van der Waals surface area (Å²) in [5.74, 6) is 0.618. The number of para-hydroxylation sites is 1. The largest absolute Gasteiger partial charge is 0.361 e. The highest BCUT2D eigenvalue weighted by molar-refractivity contribution is 5.83. The van der Waals surface area contributed by atoms with Crippen LogP contribution in [0.1, 0.15) is 18.1 Å². The molecule has 2 aromatic carbocycles. The topological polar surface area (TPSA) is 27.8 Å². The van der Waals surface area contributed by atoms with E-state index in [9.17, 15) is 0 Å². The Morgan fingerprint density at radius 1 is 1.00 bits per heavy atom. The Hall–Kier alpha value is -2.06. The van der Waals surface area contributed by atoms with Crippen LogP contribution >= 0.6 is 0 Å². The van der Waals surface area contributed by atoms with Gasteiger partial charge in [0.05, 0.1) is 0 Å². The van der Waals surface area contributed by atoms with E-state index < -0.39 is 0 Å². The lowest BCUT2D eigenvalue weighted by molar-refractivity contribution is 0.512. The maximum Gasteiger partial charge on any atom is 0.0456 e. The molecule has 0 radical (unpaired) electrons. The van der Waals surface area contributed by atoms with Crippen molar-refractivity contribution in [2.24, 2.45) is 5.92 Å². The van der Waals surface area contributed by atoms with Crippen LogP contribution in [-0.4, -0.2) is 11.5 Å². The molecule has 0 spiro atoms. The molecule has 0 aliphatic heterocycles. The molecule has 0 aliphatic rings. The molecule has 0 aliphatic carbocycles. The molecule has 1 unspecified atom stereocenters. The number of aromatic nitrogens is 1. The van der Waals surface area contributed by atoms with Crippen LogP contribution in [0.25, 0.3) is 10.9 Å². The van der Waals surface area contributed by atoms with Gasteiger partial charge in [0.2, 0.25) is 0 Å². The number of hydrogen-bond donors (Lipinski definition) is 2. The van der Waals surface area contributed by atoms with Crippen LogP contribution < -0.4 is 5.32 Å². The van der Waals surface area contributed by atoms with Gasteiger partial charge in [0.15, 0.2) is 0 Å². The molecule has 2 N–H and O–H groups in total. The van der Waals surface area contributed by atoms with Gasteiger partial charge in [-0.05, 0) is 36.1 Å². The van der Waals surface area contributed by atoms with E-state index in [-0.39, 0.29) is 0 Å². The van der Waals surface area contributed by atoms with Crippen LogP contribution in [0.5, 0.6) is 0 Å². The lowest BCUT2D eigenvalue weighted by Gasteiger charge is -2.12. The summed E-state index contributed by atoms with van der Waals surface area (Å²) in [6, 6.07) is 19.1. The Balaban J connectivity index is 1.53. The van der Waals surface area contributed by atoms with Gasteiger partial charge in [-0.2, -0.15) is 0 Å². The molecule has 0 fully saturated rings. The average Bonchev–Trinajstić information content (AvgIpc) is 2.92. The van der Waals surface area contributed by atoms with Gasteiger partial charge < -0.3 is 10.3 Å². The molecule has 0 amide bonds. The third kappa shape index (κ3) is 3.53. The van der Waals surface area contributed by atoms with Gasteiger partial charge in [-0.1, -0.05) is 55.5 Å². The van der Waals surface area contributed by atoms with Crippen molar-refractivity contribution in [2.45, 2.75) is 19.9 Å². The smallest absolute Gasteiger partial charge is 0.0456 e. The minimum atomic E-state index is 0.618. The number of rotatable bonds is 6. The first kappa shape index (κ1) is 13.9. The predicted octanol–water partition coefficient (Wildman–Crippen LogP) is 4.14. The van der Waals surface area contributed by atoms with Crippen molar-refractivity contribution in [3.8, 4) is 0 Å². The number of aromatic amines is 1. The van der Waals surface area contributed by atoms with E-state index in [0.29, 0.717) is 5.92 Å². The lowest BCUT2D eigenvalue weighted by atomic mass is 10.0. The van der Waals surface area contributed by atoms with Gasteiger partial charge >= 0.3 is 0 Å². The third-order valence-electron chi connectivity index (χ3n) is 3.91. The van der Waals surface area contributed by atoms with Crippen LogP contribution in [0.3, 0.4) is 0 Å². The van der Waals surface area contributed by atoms with Crippen LogP contribution in [0.15, 0.2) is 60.8 Å². The van der Waals surface area contributed by atoms with Crippen molar-refractivity contribution >= 4 is 10.9 Å². The average molecular weight is 278 g/mol. The van der Waals surface area contributed by atoms with Gasteiger partial charge in [-0.15, -0.1) is 0 Å². The molecule has 3 aromatic rings. The zero-order valence-corrected chi connectivity index (χ0v) is 12.5. The van der Waals surface area contributed by atoms with E-state index in [0.717, 1.165) is 19.5 Å². The maximum atomic E-state index is 3.55. The van der Waals surface area contributed by atoms with Gasteiger partial charge in [0, 0.05) is 23.6 Å². The summed E-state index contributed by atoms with van der Waals surface area (Å²) >= 11 is 0. The zero-order chi connectivity index (χ0) is 14.5. The summed E-state index contributed by atoms with van der Waals surface area (Å²) in [7, 11) is 0. The lowest BCUT2D eigenvalue weighted by Crippen LogP contribution is -2.22. The van der Waals surface area contributed by atoms with Crippen LogP contribution in [0, 0.1) is 5.92 Å². The van der Waals surface area contributed by atoms with E-state index in [1.165, 1.54) is 22.0 Å². The highest BCUT2D eigenvalue weighted by Gasteiger charge is 2.08. The quantitative estimate of drug-likeness (QED) is 0.697. The fraction of sp³-hybridized carbons (Fsp3) is 0.263. The number of fused-ring (bicyclic) bond motifs is 1. The number of benzene rings is 2. The summed E-state index contributed by atoms with van der Waals surface area (Å²) in [6.07, 6.45) is 3.25. The van der Waals surface area contributed by atoms with E-state index in [1.54, 1.807) is 0 Å². The van der Waals surface area contributed by atoms with Crippen LogP contribution in [0.2, 0.25) is 0 Å². The SMILES string of the molecule is CC(CNCc1ccccc1)Cc1c[nH]c2ccccc12. The summed E-state index contributed by atoms with van der Waals surface area (Å²) < 4.78 is 0. The second-order valence-corrected chi connectivity index (χ2v) is 5.79. The molecule has 108 valence electrons. The van der Waals surface area contributed by atoms with Crippen molar-refractivity contribution in [3.63, 3.8) is 0 Å². The number of H-pyrrole nitrogens is 1. The Kier molecular flexibility index (Phi) is 4.37. The minimum absolute atomic E-state index is 0.618. The monoisotopic (exact) mass is 278 g/mol. The Labute approximate surface area is 126 Å². The molecular formula is C19H22N2. The number of hydrogen-bond acceptors (Lipinski definition) is 1. The highest BCUT2D eigenvalue weighted by Crippen LogP contribution is 2.20. The standard InChI is InChI=1S/C19H22N2/c1-15(12-20-13-16-7-3-2-4-8-16)11-17-14-21-19-10-6-5-9-18(17)19/h2-10,14-15,20-21H,11-13H2,1H3. The predicted molar refractivity (Wildman–Crippen MR) is 89.3 cm³/mol. The molecular weight excluding hydrogens is 256 g/mol. The zero-order valence-electron chi connectivity index (χ0n) is 12.5. The number of nitrogens with one attached hydrogen (secondary N) is 2. The van der Waals surface area contributed by atoms with E-state index in [2.05, 4.69) is 78.0 Å². The summed E-state index contributed by atoms with van der Waals surface area (Å²) in [5.41, 5.74) is 3.99. The van der Waals surface area contributed by atoms with E-state index >= 15 is 0 Å². The second-order valence-electron chi connectivity index (χ2n) is 5.79. The molecule has 21 heavy (non-hydrogen) atoms. The molecule has 1 aromatic heterocycles. The van der Waals surface area contributed by atoms with E-state index in [1.807, 2.05) is 0 Å². The fourth-order valence-electron chi connectivity index (χ4n) is 2.81. The maximum absolute atomic E-state index is 3.55. The van der Waals surface area contributed by atoms with Crippen molar-refractivity contribution in [1.82, 2.24) is 10.3 Å². The molecule has 3 rings (SSSR count). The third-order valence-corrected chi connectivity index (χ3v) is 3.91. The van der Waals surface area contributed by atoms with Gasteiger partial charge in [0.25, 0.3) is 0 Å². The van der Waals surface area contributed by atoms with Gasteiger partial charge in [0.1, 0.15) is 0 Å². The van der Waals surface area contributed by atoms with Crippen LogP contribution in [0.4, 0.5) is 0 Å². The normalized spacial score (nSPS) is 12.6. The molecule has 2 nitrogen and oxygen atoms in total. The van der Waals surface area contributed by atoms with Crippen molar-refractivity contribution in [1.29, 1.82) is 0 Å². The van der Waals surface area contributed by atoms with Crippen molar-refractivity contribution < 1.29 is 0 Å². The first-order chi connectivity index (χ1) is 10.3. The molecule has 0 saturated heterocycles. The first-order valence-electron chi connectivity index (χ1n) is 7.62. The van der Waals surface area contributed by atoms with Crippen molar-refractivity contribution in [3.05, 3.63) is 71.9 Å². The summed E-state index contributed by atoms with van der Waals surface area (Å²) in [5, 5.41) is 4.91. The second kappa shape index (κ2) is 6.59. The Morgan fingerprint density at radius 2 is 1.76 bits per heavy atom. The minimum Gasteiger partial charge on any atom is -0.361 e. The molecule has 1 heterocycles. The summed E-state index contributed by atoms with van der Waals surface area (Å²) in [6.45, 7) is 4.28. The molecule has 2 heteroatoms. The van der Waals surface area contributed by atoms with E-state index in [4.69, 9.17) is 0 Å². The highest BCUT2D eigenvalue weighted by atomic mass is 14.9. The van der Waals surface area contributed by atoms with Gasteiger partial charge in [-0.3, -0.25) is 0 Å². The molecule has 0 bridgehead atoms.